The van der Waals surface area contributed by atoms with Crippen molar-refractivity contribution in [2.45, 2.75) is 24.8 Å². The van der Waals surface area contributed by atoms with E-state index >= 15 is 0 Å². The van der Waals surface area contributed by atoms with E-state index in [4.69, 9.17) is 10.5 Å². The van der Waals surface area contributed by atoms with Gasteiger partial charge >= 0.3 is 0 Å². The fourth-order valence-corrected chi connectivity index (χ4v) is 3.63. The minimum absolute atomic E-state index is 0.244. The highest BCUT2D eigenvalue weighted by atomic mass is 79.9. The van der Waals surface area contributed by atoms with E-state index < -0.39 is 5.54 Å². The molecule has 2 N–H and O–H groups in total. The fourth-order valence-electron chi connectivity index (χ4n) is 3.12. The van der Waals surface area contributed by atoms with Crippen LogP contribution in [0.1, 0.15) is 23.1 Å². The molecule has 1 unspecified atom stereocenters. The Morgan fingerprint density at radius 3 is 2.81 bits per heavy atom. The molecule has 4 heteroatoms. The van der Waals surface area contributed by atoms with E-state index in [1.807, 2.05) is 18.2 Å². The summed E-state index contributed by atoms with van der Waals surface area (Å²) in [6.07, 6.45) is 2.43. The number of nitrogens with two attached hydrogens (primary N) is 1. The molecular formula is C17H17BrFNO. The predicted octanol–water partition coefficient (Wildman–Crippen LogP) is 3.94. The highest BCUT2D eigenvalue weighted by Gasteiger charge is 2.35. The van der Waals surface area contributed by atoms with Gasteiger partial charge < -0.3 is 10.5 Å². The third-order valence-corrected chi connectivity index (χ3v) is 4.59. The number of fused-ring (bicyclic) bond motifs is 1. The Hall–Kier alpha value is -1.39. The van der Waals surface area contributed by atoms with Gasteiger partial charge in [-0.15, -0.1) is 0 Å². The quantitative estimate of drug-likeness (QED) is 0.910. The summed E-state index contributed by atoms with van der Waals surface area (Å²) >= 11 is 3.33. The smallest absolute Gasteiger partial charge is 0.124 e. The Morgan fingerprint density at radius 2 is 2.10 bits per heavy atom. The van der Waals surface area contributed by atoms with E-state index in [1.54, 1.807) is 13.2 Å². The van der Waals surface area contributed by atoms with Crippen LogP contribution in [0.4, 0.5) is 4.39 Å². The third kappa shape index (κ3) is 2.83. The molecule has 1 aliphatic carbocycles. The van der Waals surface area contributed by atoms with Gasteiger partial charge in [0.15, 0.2) is 0 Å². The van der Waals surface area contributed by atoms with Gasteiger partial charge in [0.05, 0.1) is 7.11 Å². The zero-order valence-corrected chi connectivity index (χ0v) is 13.4. The number of methoxy groups -OCH3 is 1. The van der Waals surface area contributed by atoms with Crippen LogP contribution in [0.3, 0.4) is 0 Å². The highest BCUT2D eigenvalue weighted by molar-refractivity contribution is 9.10. The Morgan fingerprint density at radius 1 is 1.29 bits per heavy atom. The highest BCUT2D eigenvalue weighted by Crippen LogP contribution is 2.39. The van der Waals surface area contributed by atoms with Crippen LogP contribution in [-0.2, 0) is 18.4 Å². The summed E-state index contributed by atoms with van der Waals surface area (Å²) in [6.45, 7) is 0. The monoisotopic (exact) mass is 349 g/mol. The molecule has 0 saturated carbocycles. The normalized spacial score (nSPS) is 20.4. The van der Waals surface area contributed by atoms with Gasteiger partial charge in [0.1, 0.15) is 11.6 Å². The number of hydrogen-bond donors (Lipinski definition) is 1. The van der Waals surface area contributed by atoms with E-state index in [0.29, 0.717) is 6.42 Å². The van der Waals surface area contributed by atoms with Crippen molar-refractivity contribution >= 4 is 15.9 Å². The minimum atomic E-state index is -0.461. The van der Waals surface area contributed by atoms with Crippen LogP contribution in [0.15, 0.2) is 40.9 Å². The molecule has 2 aromatic carbocycles. The van der Waals surface area contributed by atoms with Crippen LogP contribution in [0.25, 0.3) is 0 Å². The molecule has 0 aromatic heterocycles. The van der Waals surface area contributed by atoms with Gasteiger partial charge in [-0.05, 0) is 66.3 Å². The van der Waals surface area contributed by atoms with Crippen molar-refractivity contribution in [1.29, 1.82) is 0 Å². The van der Waals surface area contributed by atoms with Gasteiger partial charge in [0.25, 0.3) is 0 Å². The Kier molecular flexibility index (Phi) is 3.76. The Bertz CT molecular complexity index is 668. The van der Waals surface area contributed by atoms with E-state index in [0.717, 1.165) is 34.2 Å². The van der Waals surface area contributed by atoms with Gasteiger partial charge in [-0.3, -0.25) is 0 Å². The molecule has 0 spiro atoms. The SMILES string of the molecule is COc1ccc2c(c1)C(N)(Cc1cc(F)cc(Br)c1)CC2. The van der Waals surface area contributed by atoms with Crippen LogP contribution in [0, 0.1) is 5.82 Å². The number of ether oxygens (including phenoxy) is 1. The molecule has 2 nitrogen and oxygen atoms in total. The minimum Gasteiger partial charge on any atom is -0.497 e. The molecule has 110 valence electrons. The van der Waals surface area contributed by atoms with Gasteiger partial charge in [-0.25, -0.2) is 4.39 Å². The number of rotatable bonds is 3. The molecule has 0 heterocycles. The van der Waals surface area contributed by atoms with Gasteiger partial charge in [-0.2, -0.15) is 0 Å². The standard InChI is InChI=1S/C17H17BrFNO/c1-21-15-3-2-12-4-5-17(20,16(12)9-15)10-11-6-13(18)8-14(19)7-11/h2-3,6-9H,4-5,10,20H2,1H3. The van der Waals surface area contributed by atoms with Crippen molar-refractivity contribution in [3.63, 3.8) is 0 Å². The van der Waals surface area contributed by atoms with E-state index in [9.17, 15) is 4.39 Å². The summed E-state index contributed by atoms with van der Waals surface area (Å²) < 4.78 is 19.6. The summed E-state index contributed by atoms with van der Waals surface area (Å²) in [6, 6.07) is 11.0. The molecule has 2 aromatic rings. The molecule has 1 aliphatic rings. The molecule has 0 bridgehead atoms. The summed E-state index contributed by atoms with van der Waals surface area (Å²) in [7, 11) is 1.65. The van der Waals surface area contributed by atoms with Crippen molar-refractivity contribution in [3.05, 3.63) is 63.4 Å². The zero-order valence-electron chi connectivity index (χ0n) is 11.8. The number of aryl methyl sites for hydroxylation is 1. The molecule has 3 rings (SSSR count). The van der Waals surface area contributed by atoms with Crippen molar-refractivity contribution in [2.75, 3.05) is 7.11 Å². The van der Waals surface area contributed by atoms with Crippen molar-refractivity contribution in [3.8, 4) is 5.75 Å². The lowest BCUT2D eigenvalue weighted by molar-refractivity contribution is 0.407. The summed E-state index contributed by atoms with van der Waals surface area (Å²) in [5, 5.41) is 0. The van der Waals surface area contributed by atoms with Crippen LogP contribution in [-0.4, -0.2) is 7.11 Å². The first kappa shape index (κ1) is 14.5. The molecule has 21 heavy (non-hydrogen) atoms. The maximum absolute atomic E-state index is 13.6. The topological polar surface area (TPSA) is 35.2 Å². The second kappa shape index (κ2) is 5.43. The summed E-state index contributed by atoms with van der Waals surface area (Å²) in [5.74, 6) is 0.567. The molecule has 0 fully saturated rings. The first-order chi connectivity index (χ1) is 10.00. The summed E-state index contributed by atoms with van der Waals surface area (Å²) in [4.78, 5) is 0. The summed E-state index contributed by atoms with van der Waals surface area (Å²) in [5.41, 5.74) is 9.45. The van der Waals surface area contributed by atoms with Gasteiger partial charge in [-0.1, -0.05) is 22.0 Å². The van der Waals surface area contributed by atoms with E-state index in [-0.39, 0.29) is 5.82 Å². The Labute approximate surface area is 132 Å². The molecule has 0 amide bonds. The molecule has 0 aliphatic heterocycles. The van der Waals surface area contributed by atoms with Crippen LogP contribution in [0.2, 0.25) is 0 Å². The van der Waals surface area contributed by atoms with E-state index in [2.05, 4.69) is 22.0 Å². The number of benzene rings is 2. The van der Waals surface area contributed by atoms with E-state index in [1.165, 1.54) is 11.6 Å². The largest absolute Gasteiger partial charge is 0.497 e. The third-order valence-electron chi connectivity index (χ3n) is 4.14. The maximum atomic E-state index is 13.6. The lowest BCUT2D eigenvalue weighted by atomic mass is 9.86. The maximum Gasteiger partial charge on any atom is 0.124 e. The average molecular weight is 350 g/mol. The first-order valence-corrected chi connectivity index (χ1v) is 7.71. The number of hydrogen-bond acceptors (Lipinski definition) is 2. The van der Waals surface area contributed by atoms with Crippen molar-refractivity contribution in [1.82, 2.24) is 0 Å². The molecular weight excluding hydrogens is 333 g/mol. The number of halogens is 2. The lowest BCUT2D eigenvalue weighted by Crippen LogP contribution is -2.36. The Balaban J connectivity index is 1.96. The zero-order chi connectivity index (χ0) is 15.0. The molecule has 0 radical (unpaired) electrons. The van der Waals surface area contributed by atoms with Gasteiger partial charge in [0, 0.05) is 10.0 Å². The van der Waals surface area contributed by atoms with Gasteiger partial charge in [0.2, 0.25) is 0 Å². The first-order valence-electron chi connectivity index (χ1n) is 6.91. The molecule has 1 atom stereocenters. The molecule has 0 saturated heterocycles. The van der Waals surface area contributed by atoms with Crippen LogP contribution in [0.5, 0.6) is 5.75 Å². The second-order valence-electron chi connectivity index (χ2n) is 5.63. The van der Waals surface area contributed by atoms with Crippen molar-refractivity contribution in [2.24, 2.45) is 5.73 Å². The average Bonchev–Trinajstić information content (AvgIpc) is 2.74. The van der Waals surface area contributed by atoms with Crippen molar-refractivity contribution < 1.29 is 9.13 Å². The second-order valence-corrected chi connectivity index (χ2v) is 6.55. The fraction of sp³-hybridized carbons (Fsp3) is 0.294. The van der Waals surface area contributed by atoms with Crippen LogP contribution < -0.4 is 10.5 Å². The van der Waals surface area contributed by atoms with Crippen LogP contribution >= 0.6 is 15.9 Å². The lowest BCUT2D eigenvalue weighted by Gasteiger charge is -2.26. The predicted molar refractivity (Wildman–Crippen MR) is 85.0 cm³/mol.